The van der Waals surface area contributed by atoms with Crippen molar-refractivity contribution >= 4 is 16.6 Å². The van der Waals surface area contributed by atoms with Crippen LogP contribution in [0.2, 0.25) is 0 Å². The number of nitriles is 1. The van der Waals surface area contributed by atoms with Crippen LogP contribution >= 0.6 is 0 Å². The van der Waals surface area contributed by atoms with Gasteiger partial charge in [0, 0.05) is 37.8 Å². The minimum atomic E-state index is -0.282. The van der Waals surface area contributed by atoms with Gasteiger partial charge in [-0.2, -0.15) is 10.4 Å². The smallest absolute Gasteiger partial charge is 0.340 e. The zero-order chi connectivity index (χ0) is 17.2. The summed E-state index contributed by atoms with van der Waals surface area (Å²) in [6, 6.07) is 10.2. The molecule has 1 fully saturated rings. The molecule has 0 unspecified atom stereocenters. The van der Waals surface area contributed by atoms with Gasteiger partial charge < -0.3 is 4.90 Å². The van der Waals surface area contributed by atoms with Gasteiger partial charge in [-0.1, -0.05) is 18.2 Å². The first-order valence-corrected chi connectivity index (χ1v) is 8.13. The number of aromatic amines is 2. The van der Waals surface area contributed by atoms with Crippen molar-refractivity contribution in [1.82, 2.24) is 25.1 Å². The summed E-state index contributed by atoms with van der Waals surface area (Å²) in [5.74, 6) is 0.644. The molecule has 0 aliphatic carbocycles. The van der Waals surface area contributed by atoms with Gasteiger partial charge in [0.1, 0.15) is 11.9 Å². The van der Waals surface area contributed by atoms with Gasteiger partial charge in [0.25, 0.3) is 0 Å². The SMILES string of the molecule is N#Cc1cnc2ccccc2c1N1CCN(Cc2n[nH]c(=O)[nH]2)CC1. The van der Waals surface area contributed by atoms with E-state index >= 15 is 0 Å². The maximum atomic E-state index is 11.1. The Balaban J connectivity index is 1.55. The molecule has 126 valence electrons. The molecule has 25 heavy (non-hydrogen) atoms. The predicted octanol–water partition coefficient (Wildman–Crippen LogP) is 0.840. The first-order valence-electron chi connectivity index (χ1n) is 8.13. The van der Waals surface area contributed by atoms with Crippen LogP contribution in [0.25, 0.3) is 10.9 Å². The lowest BCUT2D eigenvalue weighted by molar-refractivity contribution is 0.244. The zero-order valence-corrected chi connectivity index (χ0v) is 13.6. The van der Waals surface area contributed by atoms with E-state index in [1.165, 1.54) is 0 Å². The molecular formula is C17H17N7O. The molecule has 0 spiro atoms. The molecule has 1 aromatic carbocycles. The van der Waals surface area contributed by atoms with E-state index in [0.717, 1.165) is 42.8 Å². The molecule has 0 atom stereocenters. The van der Waals surface area contributed by atoms with E-state index in [-0.39, 0.29) is 5.69 Å². The van der Waals surface area contributed by atoms with Crippen molar-refractivity contribution in [2.24, 2.45) is 0 Å². The molecule has 0 radical (unpaired) electrons. The van der Waals surface area contributed by atoms with Crippen molar-refractivity contribution in [2.75, 3.05) is 31.1 Å². The number of pyridine rings is 1. The Morgan fingerprint density at radius 3 is 2.72 bits per heavy atom. The minimum absolute atomic E-state index is 0.282. The number of nitrogens with one attached hydrogen (secondary N) is 2. The fourth-order valence-electron chi connectivity index (χ4n) is 3.27. The van der Waals surface area contributed by atoms with E-state index in [1.807, 2.05) is 24.3 Å². The van der Waals surface area contributed by atoms with Crippen molar-refractivity contribution in [3.8, 4) is 6.07 Å². The van der Waals surface area contributed by atoms with Crippen LogP contribution in [0, 0.1) is 11.3 Å². The molecule has 8 heteroatoms. The normalized spacial score (nSPS) is 15.4. The Hall–Kier alpha value is -3.18. The Morgan fingerprint density at radius 1 is 1.20 bits per heavy atom. The second-order valence-corrected chi connectivity index (χ2v) is 6.04. The molecule has 3 aromatic rings. The Kier molecular flexibility index (Phi) is 3.91. The van der Waals surface area contributed by atoms with Crippen molar-refractivity contribution in [3.63, 3.8) is 0 Å². The van der Waals surface area contributed by atoms with E-state index in [1.54, 1.807) is 6.20 Å². The molecule has 2 N–H and O–H groups in total. The highest BCUT2D eigenvalue weighted by Gasteiger charge is 2.22. The fourth-order valence-corrected chi connectivity index (χ4v) is 3.27. The summed E-state index contributed by atoms with van der Waals surface area (Å²) in [4.78, 5) is 22.7. The average Bonchev–Trinajstić information content (AvgIpc) is 3.06. The van der Waals surface area contributed by atoms with Gasteiger partial charge in [0.05, 0.1) is 23.3 Å². The predicted molar refractivity (Wildman–Crippen MR) is 93.2 cm³/mol. The maximum absolute atomic E-state index is 11.1. The number of para-hydroxylation sites is 1. The van der Waals surface area contributed by atoms with Gasteiger partial charge in [-0.15, -0.1) is 0 Å². The number of aromatic nitrogens is 4. The summed E-state index contributed by atoms with van der Waals surface area (Å²) in [5.41, 5.74) is 2.17. The van der Waals surface area contributed by atoms with E-state index in [9.17, 15) is 10.1 Å². The topological polar surface area (TPSA) is 105 Å². The van der Waals surface area contributed by atoms with Crippen LogP contribution in [-0.4, -0.2) is 51.2 Å². The molecular weight excluding hydrogens is 318 g/mol. The lowest BCUT2D eigenvalue weighted by Crippen LogP contribution is -2.46. The molecule has 1 aliphatic rings. The highest BCUT2D eigenvalue weighted by molar-refractivity contribution is 5.94. The van der Waals surface area contributed by atoms with Gasteiger partial charge >= 0.3 is 5.69 Å². The minimum Gasteiger partial charge on any atom is -0.367 e. The number of fused-ring (bicyclic) bond motifs is 1. The van der Waals surface area contributed by atoms with Crippen LogP contribution in [-0.2, 0) is 6.54 Å². The number of benzene rings is 1. The monoisotopic (exact) mass is 335 g/mol. The lowest BCUT2D eigenvalue weighted by Gasteiger charge is -2.36. The summed E-state index contributed by atoms with van der Waals surface area (Å²) >= 11 is 0. The van der Waals surface area contributed by atoms with Crippen LogP contribution in [0.5, 0.6) is 0 Å². The van der Waals surface area contributed by atoms with Crippen molar-refractivity contribution in [3.05, 3.63) is 52.3 Å². The summed E-state index contributed by atoms with van der Waals surface area (Å²) in [5, 5.41) is 16.8. The van der Waals surface area contributed by atoms with Gasteiger partial charge in [0.15, 0.2) is 0 Å². The molecule has 1 saturated heterocycles. The van der Waals surface area contributed by atoms with E-state index in [0.29, 0.717) is 17.9 Å². The van der Waals surface area contributed by atoms with Crippen LogP contribution in [0.15, 0.2) is 35.3 Å². The number of nitrogens with zero attached hydrogens (tertiary/aromatic N) is 5. The first-order chi connectivity index (χ1) is 12.2. The first kappa shape index (κ1) is 15.4. The number of hydrogen-bond donors (Lipinski definition) is 2. The number of piperazine rings is 1. The average molecular weight is 335 g/mol. The van der Waals surface area contributed by atoms with E-state index in [4.69, 9.17) is 0 Å². The number of H-pyrrole nitrogens is 2. The van der Waals surface area contributed by atoms with Crippen LogP contribution in [0.1, 0.15) is 11.4 Å². The van der Waals surface area contributed by atoms with Gasteiger partial charge in [-0.25, -0.2) is 9.89 Å². The third-order valence-corrected chi connectivity index (χ3v) is 4.48. The van der Waals surface area contributed by atoms with E-state index < -0.39 is 0 Å². The van der Waals surface area contributed by atoms with Gasteiger partial charge in [-0.05, 0) is 6.07 Å². The standard InChI is InChI=1S/C17H17N7O/c18-9-12-10-19-14-4-2-1-3-13(14)16(12)24-7-5-23(6-8-24)11-15-20-17(25)22-21-15/h1-4,10H,5-8,11H2,(H2,20,21,22,25). The second-order valence-electron chi connectivity index (χ2n) is 6.04. The number of hydrogen-bond acceptors (Lipinski definition) is 6. The third kappa shape index (κ3) is 2.97. The summed E-state index contributed by atoms with van der Waals surface area (Å²) in [6.45, 7) is 3.87. The van der Waals surface area contributed by atoms with E-state index in [2.05, 4.69) is 36.0 Å². The van der Waals surface area contributed by atoms with Crippen molar-refractivity contribution < 1.29 is 0 Å². The van der Waals surface area contributed by atoms with Crippen LogP contribution in [0.4, 0.5) is 5.69 Å². The maximum Gasteiger partial charge on any atom is 0.340 e. The summed E-state index contributed by atoms with van der Waals surface area (Å²) in [6.07, 6.45) is 1.65. The molecule has 0 bridgehead atoms. The summed E-state index contributed by atoms with van der Waals surface area (Å²) < 4.78 is 0. The van der Waals surface area contributed by atoms with Crippen LogP contribution in [0.3, 0.4) is 0 Å². The highest BCUT2D eigenvalue weighted by Crippen LogP contribution is 2.30. The second kappa shape index (κ2) is 6.37. The van der Waals surface area contributed by atoms with Crippen molar-refractivity contribution in [2.45, 2.75) is 6.54 Å². The fraction of sp³-hybridized carbons (Fsp3) is 0.294. The Morgan fingerprint density at radius 2 is 2.00 bits per heavy atom. The Labute approximate surface area is 143 Å². The van der Waals surface area contributed by atoms with Gasteiger partial charge in [-0.3, -0.25) is 14.9 Å². The quantitative estimate of drug-likeness (QED) is 0.735. The highest BCUT2D eigenvalue weighted by atomic mass is 16.1. The molecule has 4 rings (SSSR count). The Bertz CT molecular complexity index is 992. The molecule has 8 nitrogen and oxygen atoms in total. The van der Waals surface area contributed by atoms with Crippen LogP contribution < -0.4 is 10.6 Å². The van der Waals surface area contributed by atoms with Gasteiger partial charge in [0.2, 0.25) is 0 Å². The third-order valence-electron chi connectivity index (χ3n) is 4.48. The number of anilines is 1. The molecule has 1 aliphatic heterocycles. The van der Waals surface area contributed by atoms with Crippen molar-refractivity contribution in [1.29, 1.82) is 5.26 Å². The number of rotatable bonds is 3. The zero-order valence-electron chi connectivity index (χ0n) is 13.6. The molecule has 0 saturated carbocycles. The summed E-state index contributed by atoms with van der Waals surface area (Å²) in [7, 11) is 0. The molecule has 3 heterocycles. The lowest BCUT2D eigenvalue weighted by atomic mass is 10.1. The molecule has 0 amide bonds. The molecule has 2 aromatic heterocycles. The largest absolute Gasteiger partial charge is 0.367 e.